The highest BCUT2D eigenvalue weighted by Gasteiger charge is 2.57. The number of aliphatic hydroxyl groups is 24. The lowest BCUT2D eigenvalue weighted by Crippen LogP contribution is -2.64. The summed E-state index contributed by atoms with van der Waals surface area (Å²) in [7, 11) is 0. The summed E-state index contributed by atoms with van der Waals surface area (Å²) < 4.78 is 117. The van der Waals surface area contributed by atoms with Gasteiger partial charge in [-0.1, -0.05) is 0 Å². The van der Waals surface area contributed by atoms with Crippen molar-refractivity contribution in [3.05, 3.63) is 0 Å². The van der Waals surface area contributed by atoms with Gasteiger partial charge in [-0.15, -0.1) is 0 Å². The molecule has 11 unspecified atom stereocenters. The van der Waals surface area contributed by atoms with Crippen molar-refractivity contribution in [2.24, 2.45) is 0 Å². The van der Waals surface area contributed by atoms with Crippen LogP contribution in [0.2, 0.25) is 0 Å². The molecule has 44 atom stereocenters. The van der Waals surface area contributed by atoms with E-state index >= 15 is 0 Å². The fourth-order valence-electron chi connectivity index (χ4n) is 12.7. The molecular formula is C55H90O45. The predicted octanol–water partition coefficient (Wildman–Crippen LogP) is -17.9. The molecule has 45 heteroatoms. The van der Waals surface area contributed by atoms with Gasteiger partial charge in [0.1, 0.15) is 201 Å². The van der Waals surface area contributed by atoms with Crippen molar-refractivity contribution in [2.45, 2.75) is 271 Å². The van der Waals surface area contributed by atoms with Crippen molar-refractivity contribution < 1.29 is 222 Å². The van der Waals surface area contributed by atoms with E-state index in [-0.39, 0.29) is 0 Å². The lowest BCUT2D eigenvalue weighted by Gasteiger charge is -2.46. The molecule has 45 nitrogen and oxygen atoms in total. The second-order valence-corrected chi connectivity index (χ2v) is 25.8. The Bertz CT molecular complexity index is 2510. The Kier molecular flexibility index (Phi) is 27.1. The van der Waals surface area contributed by atoms with Crippen LogP contribution in [0.5, 0.6) is 0 Å². The van der Waals surface area contributed by atoms with Crippen LogP contribution in [-0.4, -0.2) is 466 Å². The average Bonchev–Trinajstić information content (AvgIpc) is 1.05. The lowest BCUT2D eigenvalue weighted by molar-refractivity contribution is -0.374. The molecule has 11 rings (SSSR count). The molecule has 0 aliphatic carbocycles. The van der Waals surface area contributed by atoms with E-state index in [1.807, 2.05) is 0 Å². The van der Waals surface area contributed by atoms with Gasteiger partial charge in [-0.05, 0) is 0 Å². The molecule has 0 radical (unpaired) electrons. The summed E-state index contributed by atoms with van der Waals surface area (Å²) in [4.78, 5) is 0. The molecule has 11 heterocycles. The highest BCUT2D eigenvalue weighted by Crippen LogP contribution is 2.36. The van der Waals surface area contributed by atoms with Gasteiger partial charge in [-0.2, -0.15) is 0 Å². The molecule has 0 aromatic heterocycles. The van der Waals surface area contributed by atoms with E-state index in [0.717, 1.165) is 0 Å². The fourth-order valence-corrected chi connectivity index (χ4v) is 12.7. The van der Waals surface area contributed by atoms with Gasteiger partial charge < -0.3 is 222 Å². The minimum atomic E-state index is -1.99. The number of ether oxygens (including phenoxy) is 21. The average molecular weight is 1470 g/mol. The Morgan fingerprint density at radius 2 is 0.420 bits per heavy atom. The molecular weight excluding hydrogens is 1380 g/mol. The molecule has 0 bridgehead atoms. The number of hydrogen-bond donors (Lipinski definition) is 24. The molecule has 11 saturated heterocycles. The van der Waals surface area contributed by atoms with Crippen LogP contribution in [0.1, 0.15) is 0 Å². The zero-order valence-corrected chi connectivity index (χ0v) is 52.5. The summed E-state index contributed by atoms with van der Waals surface area (Å²) in [6, 6.07) is 0. The van der Waals surface area contributed by atoms with Crippen LogP contribution in [0.4, 0.5) is 0 Å². The molecule has 0 spiro atoms. The van der Waals surface area contributed by atoms with Gasteiger partial charge in [-0.3, -0.25) is 0 Å². The van der Waals surface area contributed by atoms with Crippen LogP contribution >= 0.6 is 0 Å². The highest BCUT2D eigenvalue weighted by atomic mass is 16.8. The van der Waals surface area contributed by atoms with Gasteiger partial charge in [0.25, 0.3) is 0 Å². The van der Waals surface area contributed by atoms with Gasteiger partial charge >= 0.3 is 0 Å². The largest absolute Gasteiger partial charge is 0.394 e. The first kappa shape index (κ1) is 79.2. The van der Waals surface area contributed by atoms with E-state index in [9.17, 15) is 123 Å². The van der Waals surface area contributed by atoms with E-state index in [4.69, 9.17) is 99.5 Å². The second-order valence-electron chi connectivity index (χ2n) is 25.8. The topological polar surface area (TPSA) is 679 Å². The second kappa shape index (κ2) is 34.2. The third-order valence-corrected chi connectivity index (χ3v) is 18.9. The van der Waals surface area contributed by atoms with Crippen molar-refractivity contribution in [2.75, 3.05) is 72.7 Å². The fraction of sp³-hybridized carbons (Fsp3) is 1.00. The third kappa shape index (κ3) is 17.0. The third-order valence-electron chi connectivity index (χ3n) is 18.9. The normalized spacial score (nSPS) is 54.6. The van der Waals surface area contributed by atoms with E-state index in [1.54, 1.807) is 0 Å². The summed E-state index contributed by atoms with van der Waals surface area (Å²) >= 11 is 0. The van der Waals surface area contributed by atoms with E-state index in [2.05, 4.69) is 0 Å². The maximum absolute atomic E-state index is 11.5. The highest BCUT2D eigenvalue weighted by molar-refractivity contribution is 4.98. The molecule has 24 N–H and O–H groups in total. The monoisotopic (exact) mass is 1470 g/mol. The van der Waals surface area contributed by atoms with Crippen molar-refractivity contribution in [3.8, 4) is 0 Å². The van der Waals surface area contributed by atoms with E-state index in [0.29, 0.717) is 0 Å². The quantitative estimate of drug-likeness (QED) is 0.0507. The summed E-state index contributed by atoms with van der Waals surface area (Å²) in [6.07, 6.45) is -75.0. The Balaban J connectivity index is 0.589. The molecule has 0 aromatic carbocycles. The van der Waals surface area contributed by atoms with Crippen LogP contribution in [0.25, 0.3) is 0 Å². The first-order chi connectivity index (χ1) is 47.5. The summed E-state index contributed by atoms with van der Waals surface area (Å²) in [5.41, 5.74) is 0. The summed E-state index contributed by atoms with van der Waals surface area (Å²) in [5, 5.41) is 257. The molecule has 11 aliphatic heterocycles. The molecule has 100 heavy (non-hydrogen) atoms. The van der Waals surface area contributed by atoms with Crippen molar-refractivity contribution in [1.29, 1.82) is 0 Å². The van der Waals surface area contributed by atoms with Crippen LogP contribution in [0, 0.1) is 0 Å². The minimum Gasteiger partial charge on any atom is -0.394 e. The molecule has 11 fully saturated rings. The number of rotatable bonds is 21. The minimum absolute atomic E-state index is 0.404. The smallest absolute Gasteiger partial charge is 0.187 e. The van der Waals surface area contributed by atoms with Crippen LogP contribution in [-0.2, 0) is 99.5 Å². The van der Waals surface area contributed by atoms with E-state index < -0.39 is 343 Å². The SMILES string of the molecule is OC[C@@H]1O[C@@H](OC2[C@H](O[C@@H]3CO[C@H](O[C@@H]4CO[C@H](O[C@@H]5CO[C@H](O[C@@H]6CO[C@H](O[C@@H]7CO[C@H](O[C@@H]8CO[C@H](O[C@@H]9CO[C@@H](O[C@@H]%10CO[C@@H](O)C(O)[C@H]%10O)C(O)[C@H]9O)C(O)[C@H]8O)C(O)[C@H]7O)C(O)[C@H]6O)C(O)[C@H]5O)C(O)[C@H]4O)C(O)[C@H]3O)OC[C@@H](O[C@@H]3OC[C@@H](O)[C@H](O)C3O)[C@@H]2O)C(O)[C@@H]1O. The number of aliphatic hydroxyl groups excluding tert-OH is 24. The molecule has 580 valence electrons. The van der Waals surface area contributed by atoms with Gasteiger partial charge in [0.05, 0.1) is 72.7 Å². The number of hydrogen-bond acceptors (Lipinski definition) is 45. The van der Waals surface area contributed by atoms with Crippen LogP contribution < -0.4 is 0 Å². The van der Waals surface area contributed by atoms with Gasteiger partial charge in [-0.25, -0.2) is 0 Å². The van der Waals surface area contributed by atoms with Crippen molar-refractivity contribution in [3.63, 3.8) is 0 Å². The molecule has 0 aromatic rings. The van der Waals surface area contributed by atoms with Crippen LogP contribution in [0.15, 0.2) is 0 Å². The van der Waals surface area contributed by atoms with Crippen molar-refractivity contribution >= 4 is 0 Å². The maximum Gasteiger partial charge on any atom is 0.187 e. The summed E-state index contributed by atoms with van der Waals surface area (Å²) in [5.74, 6) is 0. The predicted molar refractivity (Wildman–Crippen MR) is 296 cm³/mol. The van der Waals surface area contributed by atoms with Gasteiger partial charge in [0.15, 0.2) is 69.2 Å². The lowest BCUT2D eigenvalue weighted by atomic mass is 10.0. The standard InChI is InChI=1S/C55H90O45/c56-1-13-24(59)43(78)54(90-13)100-44-33(68)22(98-46-35(70)23(58)12(57)2-81-46)11-89-55(44)99-21-10-88-53(42(77)32(21)67)97-20-9-87-52(41(76)31(20)66)96-19-8-86-51(40(75)30(19)65)95-18-7-85-50(39(74)29(18)64)94-17-6-84-49(38(73)28(17)63)93-16-5-83-48(37(72)27(16)62)92-15-4-82-47(36(71)26(15)61)91-14-3-80-45(79)34(69)25(14)60/h12-79H,1-11H2/t12-,13+,14-,15-,16-,17-,18-,19-,20-,21-,22-,23+,24-,25+,26+,27+,28+,29+,30+,31+,32+,33+,34?,35?,36?,37?,38?,39?,40?,41?,42?,43?,44?,45-,46+,47+,48-,49-,50-,51-,52-,53-,54+,55+/m1/s1. The zero-order valence-electron chi connectivity index (χ0n) is 52.5. The zero-order chi connectivity index (χ0) is 72.0. The Labute approximate surface area is 564 Å². The van der Waals surface area contributed by atoms with Crippen molar-refractivity contribution in [1.82, 2.24) is 0 Å². The molecule has 11 aliphatic rings. The maximum atomic E-state index is 11.5. The first-order valence-corrected chi connectivity index (χ1v) is 32.2. The Hall–Kier alpha value is -1.80. The first-order valence-electron chi connectivity index (χ1n) is 32.2. The molecule has 0 saturated carbocycles. The van der Waals surface area contributed by atoms with Gasteiger partial charge in [0.2, 0.25) is 0 Å². The Morgan fingerprint density at radius 3 is 0.700 bits per heavy atom. The van der Waals surface area contributed by atoms with Crippen LogP contribution in [0.3, 0.4) is 0 Å². The van der Waals surface area contributed by atoms with Gasteiger partial charge in [0, 0.05) is 0 Å². The summed E-state index contributed by atoms with van der Waals surface area (Å²) in [6.45, 7) is -6.15. The Morgan fingerprint density at radius 1 is 0.200 bits per heavy atom. The van der Waals surface area contributed by atoms with E-state index in [1.165, 1.54) is 0 Å². The molecule has 0 amide bonds.